The standard InChI is InChI=1S/C13H14N2O3/c1-9(15(17)18)6-7-13(16)11-8-14-12-5-3-2-4-10(11)12/h2-5,8-9,14H,6-7H2,1H3/t9-/m1/s1. The molecule has 0 fully saturated rings. The number of nitrogens with zero attached hydrogens (tertiary/aromatic N) is 1. The van der Waals surface area contributed by atoms with Crippen molar-refractivity contribution in [2.45, 2.75) is 25.8 Å². The van der Waals surface area contributed by atoms with Crippen LogP contribution in [0.4, 0.5) is 0 Å². The first-order valence-electron chi connectivity index (χ1n) is 5.82. The van der Waals surface area contributed by atoms with E-state index in [4.69, 9.17) is 0 Å². The molecule has 0 spiro atoms. The molecule has 0 amide bonds. The highest BCUT2D eigenvalue weighted by Crippen LogP contribution is 2.20. The van der Waals surface area contributed by atoms with E-state index >= 15 is 0 Å². The number of fused-ring (bicyclic) bond motifs is 1. The fourth-order valence-corrected chi connectivity index (χ4v) is 1.88. The lowest BCUT2D eigenvalue weighted by Gasteiger charge is -2.02. The Morgan fingerprint density at radius 2 is 2.17 bits per heavy atom. The average Bonchev–Trinajstić information content (AvgIpc) is 2.79. The van der Waals surface area contributed by atoms with Crippen LogP contribution in [0.25, 0.3) is 10.9 Å². The van der Waals surface area contributed by atoms with Crippen LogP contribution in [0.3, 0.4) is 0 Å². The Morgan fingerprint density at radius 3 is 2.89 bits per heavy atom. The second-order valence-electron chi connectivity index (χ2n) is 4.34. The molecule has 0 unspecified atom stereocenters. The number of aromatic amines is 1. The van der Waals surface area contributed by atoms with Gasteiger partial charge in [0, 0.05) is 47.4 Å². The molecule has 0 saturated carbocycles. The maximum Gasteiger partial charge on any atom is 0.210 e. The van der Waals surface area contributed by atoms with Crippen molar-refractivity contribution in [2.24, 2.45) is 0 Å². The van der Waals surface area contributed by atoms with Gasteiger partial charge in [0.05, 0.1) is 0 Å². The molecule has 18 heavy (non-hydrogen) atoms. The van der Waals surface area contributed by atoms with E-state index in [0.29, 0.717) is 5.56 Å². The monoisotopic (exact) mass is 246 g/mol. The Morgan fingerprint density at radius 1 is 1.44 bits per heavy atom. The zero-order valence-electron chi connectivity index (χ0n) is 10.1. The summed E-state index contributed by atoms with van der Waals surface area (Å²) in [4.78, 5) is 25.2. The SMILES string of the molecule is C[C@H](CCC(=O)c1c[nH]c2ccccc12)[N+](=O)[O-]. The average molecular weight is 246 g/mol. The smallest absolute Gasteiger partial charge is 0.210 e. The van der Waals surface area contributed by atoms with Crippen LogP contribution in [0.15, 0.2) is 30.5 Å². The van der Waals surface area contributed by atoms with E-state index < -0.39 is 6.04 Å². The van der Waals surface area contributed by atoms with Gasteiger partial charge in [-0.15, -0.1) is 0 Å². The van der Waals surface area contributed by atoms with Crippen molar-refractivity contribution >= 4 is 16.7 Å². The number of Topliss-reactive ketones (excluding diaryl/α,β-unsaturated/α-hetero) is 1. The molecule has 1 aromatic carbocycles. The minimum atomic E-state index is -0.681. The normalized spacial score (nSPS) is 12.5. The fourth-order valence-electron chi connectivity index (χ4n) is 1.88. The summed E-state index contributed by atoms with van der Waals surface area (Å²) in [6, 6.07) is 6.84. The number of para-hydroxylation sites is 1. The number of nitro groups is 1. The quantitative estimate of drug-likeness (QED) is 0.500. The first kappa shape index (κ1) is 12.3. The van der Waals surface area contributed by atoms with Crippen molar-refractivity contribution in [1.29, 1.82) is 0 Å². The molecule has 0 saturated heterocycles. The number of carbonyl (C=O) groups excluding carboxylic acids is 1. The lowest BCUT2D eigenvalue weighted by atomic mass is 10.0. The maximum atomic E-state index is 12.0. The van der Waals surface area contributed by atoms with Gasteiger partial charge in [0.15, 0.2) is 5.78 Å². The summed E-state index contributed by atoms with van der Waals surface area (Å²) in [6.45, 7) is 1.52. The Bertz CT molecular complexity index is 589. The van der Waals surface area contributed by atoms with E-state index in [1.807, 2.05) is 24.3 Å². The third kappa shape index (κ3) is 2.40. The van der Waals surface area contributed by atoms with Gasteiger partial charge in [-0.1, -0.05) is 18.2 Å². The van der Waals surface area contributed by atoms with Crippen LogP contribution in [0.5, 0.6) is 0 Å². The molecule has 1 aromatic heterocycles. The molecule has 5 heteroatoms. The van der Waals surface area contributed by atoms with Gasteiger partial charge in [-0.2, -0.15) is 0 Å². The molecule has 2 rings (SSSR count). The summed E-state index contributed by atoms with van der Waals surface area (Å²) >= 11 is 0. The Hall–Kier alpha value is -2.17. The third-order valence-electron chi connectivity index (χ3n) is 3.04. The van der Waals surface area contributed by atoms with Crippen molar-refractivity contribution in [3.8, 4) is 0 Å². The predicted octanol–water partition coefficient (Wildman–Crippen LogP) is 2.80. The summed E-state index contributed by atoms with van der Waals surface area (Å²) < 4.78 is 0. The van der Waals surface area contributed by atoms with E-state index in [1.165, 1.54) is 6.92 Å². The molecule has 1 heterocycles. The van der Waals surface area contributed by atoms with Gasteiger partial charge in [0.2, 0.25) is 6.04 Å². The van der Waals surface area contributed by atoms with Crippen LogP contribution in [0.1, 0.15) is 30.1 Å². The van der Waals surface area contributed by atoms with Crippen molar-refractivity contribution in [3.05, 3.63) is 46.1 Å². The first-order chi connectivity index (χ1) is 8.59. The van der Waals surface area contributed by atoms with Gasteiger partial charge in [0.25, 0.3) is 0 Å². The lowest BCUT2D eigenvalue weighted by Crippen LogP contribution is -2.16. The number of aromatic nitrogens is 1. The second-order valence-corrected chi connectivity index (χ2v) is 4.34. The van der Waals surface area contributed by atoms with Crippen molar-refractivity contribution in [2.75, 3.05) is 0 Å². The fraction of sp³-hybridized carbons (Fsp3) is 0.308. The minimum absolute atomic E-state index is 0.0545. The van der Waals surface area contributed by atoms with Gasteiger partial charge >= 0.3 is 0 Å². The van der Waals surface area contributed by atoms with Crippen LogP contribution in [-0.4, -0.2) is 21.7 Å². The van der Waals surface area contributed by atoms with Crippen LogP contribution in [0.2, 0.25) is 0 Å². The van der Waals surface area contributed by atoms with Gasteiger partial charge < -0.3 is 4.98 Å². The van der Waals surface area contributed by atoms with Crippen LogP contribution >= 0.6 is 0 Å². The molecule has 0 aliphatic rings. The lowest BCUT2D eigenvalue weighted by molar-refractivity contribution is -0.518. The van der Waals surface area contributed by atoms with E-state index in [0.717, 1.165) is 10.9 Å². The van der Waals surface area contributed by atoms with Gasteiger partial charge in [0.1, 0.15) is 0 Å². The molecule has 5 nitrogen and oxygen atoms in total. The number of hydrogen-bond donors (Lipinski definition) is 1. The predicted molar refractivity (Wildman–Crippen MR) is 68.3 cm³/mol. The summed E-state index contributed by atoms with van der Waals surface area (Å²) in [7, 11) is 0. The van der Waals surface area contributed by atoms with Crippen molar-refractivity contribution in [1.82, 2.24) is 4.98 Å². The van der Waals surface area contributed by atoms with Crippen LogP contribution in [-0.2, 0) is 0 Å². The zero-order chi connectivity index (χ0) is 13.1. The number of rotatable bonds is 5. The highest BCUT2D eigenvalue weighted by molar-refractivity contribution is 6.07. The Kier molecular flexibility index (Phi) is 3.41. The third-order valence-corrected chi connectivity index (χ3v) is 3.04. The van der Waals surface area contributed by atoms with Crippen molar-refractivity contribution in [3.63, 3.8) is 0 Å². The zero-order valence-corrected chi connectivity index (χ0v) is 10.1. The van der Waals surface area contributed by atoms with Gasteiger partial charge in [-0.3, -0.25) is 14.9 Å². The van der Waals surface area contributed by atoms with Crippen LogP contribution < -0.4 is 0 Å². The summed E-state index contributed by atoms with van der Waals surface area (Å²) in [5.74, 6) is -0.0545. The number of ketones is 1. The molecule has 0 radical (unpaired) electrons. The topological polar surface area (TPSA) is 76.0 Å². The molecule has 2 aromatic rings. The second kappa shape index (κ2) is 5.00. The van der Waals surface area contributed by atoms with E-state index in [2.05, 4.69) is 4.98 Å². The maximum absolute atomic E-state index is 12.0. The Balaban J connectivity index is 2.12. The highest BCUT2D eigenvalue weighted by atomic mass is 16.6. The summed E-state index contributed by atoms with van der Waals surface area (Å²) in [6.07, 6.45) is 2.14. The first-order valence-corrected chi connectivity index (χ1v) is 5.82. The van der Waals surface area contributed by atoms with E-state index in [-0.39, 0.29) is 23.5 Å². The number of benzene rings is 1. The van der Waals surface area contributed by atoms with E-state index in [1.54, 1.807) is 6.20 Å². The van der Waals surface area contributed by atoms with Gasteiger partial charge in [-0.05, 0) is 6.07 Å². The number of H-pyrrole nitrogens is 1. The Labute approximate surface area is 104 Å². The number of carbonyl (C=O) groups is 1. The number of hydrogen-bond acceptors (Lipinski definition) is 3. The van der Waals surface area contributed by atoms with Gasteiger partial charge in [-0.25, -0.2) is 0 Å². The van der Waals surface area contributed by atoms with Crippen molar-refractivity contribution < 1.29 is 9.72 Å². The number of nitrogens with one attached hydrogen (secondary N) is 1. The van der Waals surface area contributed by atoms with E-state index in [9.17, 15) is 14.9 Å². The van der Waals surface area contributed by atoms with Crippen LogP contribution in [0, 0.1) is 10.1 Å². The molecule has 94 valence electrons. The molecule has 1 atom stereocenters. The molecular weight excluding hydrogens is 232 g/mol. The summed E-state index contributed by atoms with van der Waals surface area (Å²) in [5, 5.41) is 11.4. The minimum Gasteiger partial charge on any atom is -0.360 e. The molecule has 0 bridgehead atoms. The molecule has 0 aliphatic carbocycles. The largest absolute Gasteiger partial charge is 0.360 e. The molecule has 1 N–H and O–H groups in total. The summed E-state index contributed by atoms with van der Waals surface area (Å²) in [5.41, 5.74) is 1.52. The highest BCUT2D eigenvalue weighted by Gasteiger charge is 2.17. The molecule has 0 aliphatic heterocycles. The molecular formula is C13H14N2O3.